The lowest BCUT2D eigenvalue weighted by atomic mass is 10.2. The van der Waals surface area contributed by atoms with Gasteiger partial charge in [-0.2, -0.15) is 0 Å². The van der Waals surface area contributed by atoms with Crippen molar-refractivity contribution in [3.05, 3.63) is 22.2 Å². The van der Waals surface area contributed by atoms with Crippen LogP contribution in [0, 0.1) is 0 Å². The van der Waals surface area contributed by atoms with Gasteiger partial charge in [-0.1, -0.05) is 0 Å². The van der Waals surface area contributed by atoms with Crippen LogP contribution >= 0.6 is 15.9 Å². The average molecular weight is 310 g/mol. The van der Waals surface area contributed by atoms with Gasteiger partial charge in [0.05, 0.1) is 24.4 Å². The number of primary sulfonamides is 1. The van der Waals surface area contributed by atoms with E-state index in [1.54, 1.807) is 12.1 Å². The molecule has 0 aromatic heterocycles. The summed E-state index contributed by atoms with van der Waals surface area (Å²) < 4.78 is 32.7. The molecule has 0 saturated carbocycles. The van der Waals surface area contributed by atoms with Crippen LogP contribution in [0.15, 0.2) is 16.6 Å². The number of methoxy groups -OCH3 is 2. The Hall–Kier alpha value is -0.790. The minimum absolute atomic E-state index is 0.244. The lowest BCUT2D eigenvalue weighted by Crippen LogP contribution is -2.14. The minimum Gasteiger partial charge on any atom is -0.493 e. The van der Waals surface area contributed by atoms with Crippen molar-refractivity contribution < 1.29 is 17.9 Å². The van der Waals surface area contributed by atoms with Crippen molar-refractivity contribution in [2.45, 2.75) is 5.75 Å². The van der Waals surface area contributed by atoms with Crippen LogP contribution < -0.4 is 14.6 Å². The second kappa shape index (κ2) is 5.03. The fraction of sp³-hybridized carbons (Fsp3) is 0.333. The maximum atomic E-state index is 11.0. The molecule has 5 nitrogen and oxygen atoms in total. The van der Waals surface area contributed by atoms with Gasteiger partial charge in [0.15, 0.2) is 11.5 Å². The van der Waals surface area contributed by atoms with Crippen molar-refractivity contribution in [3.63, 3.8) is 0 Å². The predicted molar refractivity (Wildman–Crippen MR) is 64.1 cm³/mol. The molecule has 1 rings (SSSR count). The van der Waals surface area contributed by atoms with Gasteiger partial charge in [-0.3, -0.25) is 0 Å². The molecule has 0 atom stereocenters. The van der Waals surface area contributed by atoms with Crippen LogP contribution in [0.4, 0.5) is 0 Å². The molecule has 0 saturated heterocycles. The first-order chi connectivity index (χ1) is 7.37. The SMILES string of the molecule is COc1cc(CS(N)(=O)=O)cc(Br)c1OC. The first kappa shape index (κ1) is 13.3. The van der Waals surface area contributed by atoms with Crippen molar-refractivity contribution >= 4 is 26.0 Å². The number of hydrogen-bond acceptors (Lipinski definition) is 4. The largest absolute Gasteiger partial charge is 0.493 e. The Morgan fingerprint density at radius 2 is 1.94 bits per heavy atom. The molecule has 0 unspecified atom stereocenters. The van der Waals surface area contributed by atoms with Crippen molar-refractivity contribution in [3.8, 4) is 11.5 Å². The summed E-state index contributed by atoms with van der Waals surface area (Å²) in [4.78, 5) is 0. The number of rotatable bonds is 4. The Morgan fingerprint density at radius 3 is 2.38 bits per heavy atom. The number of sulfonamides is 1. The molecule has 2 N–H and O–H groups in total. The first-order valence-corrected chi connectivity index (χ1v) is 6.79. The second-order valence-corrected chi connectivity index (χ2v) is 5.59. The molecule has 0 aliphatic rings. The molecule has 16 heavy (non-hydrogen) atoms. The van der Waals surface area contributed by atoms with Gasteiger partial charge < -0.3 is 9.47 Å². The third-order valence-electron chi connectivity index (χ3n) is 1.86. The molecule has 0 fully saturated rings. The number of hydrogen-bond donors (Lipinski definition) is 1. The quantitative estimate of drug-likeness (QED) is 0.908. The Morgan fingerprint density at radius 1 is 1.31 bits per heavy atom. The Kier molecular flexibility index (Phi) is 4.17. The van der Waals surface area contributed by atoms with E-state index < -0.39 is 10.0 Å². The maximum absolute atomic E-state index is 11.0. The summed E-state index contributed by atoms with van der Waals surface area (Å²) in [5.41, 5.74) is 0.534. The Bertz CT molecular complexity index is 487. The number of ether oxygens (including phenoxy) is 2. The van der Waals surface area contributed by atoms with E-state index in [0.717, 1.165) is 0 Å². The van der Waals surface area contributed by atoms with E-state index >= 15 is 0 Å². The number of halogens is 1. The van der Waals surface area contributed by atoms with E-state index in [0.29, 0.717) is 21.5 Å². The summed E-state index contributed by atoms with van der Waals surface area (Å²) in [7, 11) is -0.577. The van der Waals surface area contributed by atoms with Gasteiger partial charge in [0, 0.05) is 0 Å². The summed E-state index contributed by atoms with van der Waals surface area (Å²) in [5, 5.41) is 4.96. The first-order valence-electron chi connectivity index (χ1n) is 4.28. The highest BCUT2D eigenvalue weighted by Gasteiger charge is 2.13. The molecule has 1 aromatic carbocycles. The van der Waals surface area contributed by atoms with Crippen LogP contribution in [-0.4, -0.2) is 22.6 Å². The van der Waals surface area contributed by atoms with Crippen molar-refractivity contribution in [2.75, 3.05) is 14.2 Å². The van der Waals surface area contributed by atoms with Crippen LogP contribution in [0.5, 0.6) is 11.5 Å². The van der Waals surface area contributed by atoms with Crippen LogP contribution in [0.1, 0.15) is 5.56 Å². The van der Waals surface area contributed by atoms with E-state index in [9.17, 15) is 8.42 Å². The van der Waals surface area contributed by atoms with Gasteiger partial charge in [0.25, 0.3) is 0 Å². The Labute approximate surface area is 103 Å². The maximum Gasteiger partial charge on any atom is 0.213 e. The van der Waals surface area contributed by atoms with E-state index in [4.69, 9.17) is 14.6 Å². The molecule has 0 spiro atoms. The van der Waals surface area contributed by atoms with Gasteiger partial charge >= 0.3 is 0 Å². The average Bonchev–Trinajstić information content (AvgIpc) is 2.14. The smallest absolute Gasteiger partial charge is 0.213 e. The molecular formula is C9H12BrNO4S. The fourth-order valence-electron chi connectivity index (χ4n) is 1.29. The molecule has 90 valence electrons. The topological polar surface area (TPSA) is 78.6 Å². The van der Waals surface area contributed by atoms with Gasteiger partial charge in [-0.05, 0) is 33.6 Å². The zero-order valence-corrected chi connectivity index (χ0v) is 11.3. The normalized spacial score (nSPS) is 11.2. The zero-order chi connectivity index (χ0) is 12.3. The monoisotopic (exact) mass is 309 g/mol. The summed E-state index contributed by atoms with van der Waals surface area (Å²) in [6.45, 7) is 0. The fourth-order valence-corrected chi connectivity index (χ4v) is 2.57. The summed E-state index contributed by atoms with van der Waals surface area (Å²) in [6.07, 6.45) is 0. The van der Waals surface area contributed by atoms with Crippen LogP contribution in [0.25, 0.3) is 0 Å². The lowest BCUT2D eigenvalue weighted by molar-refractivity contribution is 0.353. The van der Waals surface area contributed by atoms with Crippen molar-refractivity contribution in [2.24, 2.45) is 5.14 Å². The van der Waals surface area contributed by atoms with Gasteiger partial charge in [0.1, 0.15) is 0 Å². The van der Waals surface area contributed by atoms with Gasteiger partial charge in [0.2, 0.25) is 10.0 Å². The number of benzene rings is 1. The van der Waals surface area contributed by atoms with Gasteiger partial charge in [-0.15, -0.1) is 0 Å². The molecule has 0 heterocycles. The van der Waals surface area contributed by atoms with Crippen molar-refractivity contribution in [1.29, 1.82) is 0 Å². The van der Waals surface area contributed by atoms with Crippen LogP contribution in [0.2, 0.25) is 0 Å². The highest BCUT2D eigenvalue weighted by molar-refractivity contribution is 9.10. The third kappa shape index (κ3) is 3.36. The van der Waals surface area contributed by atoms with Crippen LogP contribution in [-0.2, 0) is 15.8 Å². The molecule has 7 heteroatoms. The zero-order valence-electron chi connectivity index (χ0n) is 8.86. The van der Waals surface area contributed by atoms with Crippen molar-refractivity contribution in [1.82, 2.24) is 0 Å². The molecule has 0 radical (unpaired) electrons. The molecule has 0 aliphatic heterocycles. The summed E-state index contributed by atoms with van der Waals surface area (Å²) in [6, 6.07) is 3.21. The minimum atomic E-state index is -3.56. The second-order valence-electron chi connectivity index (χ2n) is 3.12. The van der Waals surface area contributed by atoms with Crippen LogP contribution in [0.3, 0.4) is 0 Å². The van der Waals surface area contributed by atoms with Gasteiger partial charge in [-0.25, -0.2) is 13.6 Å². The third-order valence-corrected chi connectivity index (χ3v) is 3.19. The molecule has 0 amide bonds. The molecule has 0 bridgehead atoms. The van der Waals surface area contributed by atoms with E-state index in [2.05, 4.69) is 15.9 Å². The van der Waals surface area contributed by atoms with E-state index in [1.165, 1.54) is 14.2 Å². The summed E-state index contributed by atoms with van der Waals surface area (Å²) >= 11 is 3.27. The molecular weight excluding hydrogens is 298 g/mol. The molecule has 0 aliphatic carbocycles. The highest BCUT2D eigenvalue weighted by atomic mass is 79.9. The Balaban J connectivity index is 3.20. The standard InChI is InChI=1S/C9H12BrNO4S/c1-14-8-4-6(5-16(11,12)13)3-7(10)9(8)15-2/h3-4H,5H2,1-2H3,(H2,11,12,13). The highest BCUT2D eigenvalue weighted by Crippen LogP contribution is 2.36. The lowest BCUT2D eigenvalue weighted by Gasteiger charge is -2.11. The van der Waals surface area contributed by atoms with E-state index in [-0.39, 0.29) is 5.75 Å². The molecule has 1 aromatic rings. The predicted octanol–water partition coefficient (Wildman–Crippen LogP) is 1.25. The number of nitrogens with two attached hydrogens (primary N) is 1. The summed E-state index contributed by atoms with van der Waals surface area (Å²) in [5.74, 6) is 0.725. The van der Waals surface area contributed by atoms with E-state index in [1.807, 2.05) is 0 Å².